The molecular weight excluding hydrogens is 260 g/mol. The van der Waals surface area contributed by atoms with E-state index >= 15 is 0 Å². The fraction of sp³-hybridized carbons (Fsp3) is 0.250. The molecule has 2 nitrogen and oxygen atoms in total. The van der Waals surface area contributed by atoms with Crippen LogP contribution in [-0.2, 0) is 0 Å². The predicted molar refractivity (Wildman–Crippen MR) is 75.0 cm³/mol. The molecule has 2 aromatic rings. The molecule has 1 N–H and O–H groups in total. The Labute approximate surface area is 117 Å². The van der Waals surface area contributed by atoms with E-state index < -0.39 is 11.6 Å². The fourth-order valence-electron chi connectivity index (χ4n) is 1.96. The maximum atomic E-state index is 13.6. The third-order valence-corrected chi connectivity index (χ3v) is 3.01. The zero-order chi connectivity index (χ0) is 14.5. The van der Waals surface area contributed by atoms with Gasteiger partial charge in [-0.1, -0.05) is 25.1 Å². The Morgan fingerprint density at radius 3 is 2.65 bits per heavy atom. The zero-order valence-corrected chi connectivity index (χ0v) is 11.5. The van der Waals surface area contributed by atoms with Gasteiger partial charge in [-0.25, -0.2) is 4.39 Å². The first-order valence-corrected chi connectivity index (χ1v) is 6.57. The van der Waals surface area contributed by atoms with E-state index in [9.17, 15) is 8.78 Å². The van der Waals surface area contributed by atoms with E-state index in [1.54, 1.807) is 6.07 Å². The van der Waals surface area contributed by atoms with Gasteiger partial charge in [0.15, 0.2) is 11.6 Å². The molecule has 2 rings (SSSR count). The van der Waals surface area contributed by atoms with Crippen molar-refractivity contribution in [3.63, 3.8) is 0 Å². The lowest BCUT2D eigenvalue weighted by Crippen LogP contribution is -2.17. The van der Waals surface area contributed by atoms with Crippen molar-refractivity contribution in [2.75, 3.05) is 6.54 Å². The molecule has 0 spiro atoms. The van der Waals surface area contributed by atoms with E-state index in [0.29, 0.717) is 5.75 Å². The summed E-state index contributed by atoms with van der Waals surface area (Å²) in [5.41, 5.74) is 1.03. The second kappa shape index (κ2) is 6.48. The quantitative estimate of drug-likeness (QED) is 0.873. The van der Waals surface area contributed by atoms with Gasteiger partial charge in [-0.2, -0.15) is 4.39 Å². The van der Waals surface area contributed by atoms with Crippen molar-refractivity contribution in [2.24, 2.45) is 0 Å². The summed E-state index contributed by atoms with van der Waals surface area (Å²) in [6, 6.07) is 11.4. The molecule has 0 aliphatic rings. The van der Waals surface area contributed by atoms with Crippen molar-refractivity contribution in [2.45, 2.75) is 19.9 Å². The minimum atomic E-state index is -0.974. The molecule has 0 saturated carbocycles. The Hall–Kier alpha value is -1.94. The minimum Gasteiger partial charge on any atom is -0.454 e. The van der Waals surface area contributed by atoms with E-state index in [1.807, 2.05) is 32.0 Å². The van der Waals surface area contributed by atoms with Crippen LogP contribution < -0.4 is 10.1 Å². The maximum absolute atomic E-state index is 13.6. The Morgan fingerprint density at radius 2 is 1.90 bits per heavy atom. The molecule has 20 heavy (non-hydrogen) atoms. The molecule has 0 aliphatic carbocycles. The lowest BCUT2D eigenvalue weighted by Gasteiger charge is -2.14. The molecule has 0 saturated heterocycles. The largest absolute Gasteiger partial charge is 0.454 e. The summed E-state index contributed by atoms with van der Waals surface area (Å²) in [5.74, 6) is -1.52. The second-order valence-electron chi connectivity index (χ2n) is 4.51. The van der Waals surface area contributed by atoms with Crippen LogP contribution in [0.3, 0.4) is 0 Å². The van der Waals surface area contributed by atoms with Crippen LogP contribution in [0.25, 0.3) is 0 Å². The molecule has 1 unspecified atom stereocenters. The molecule has 0 bridgehead atoms. The van der Waals surface area contributed by atoms with Crippen molar-refractivity contribution < 1.29 is 13.5 Å². The van der Waals surface area contributed by atoms with Crippen LogP contribution in [0.5, 0.6) is 11.5 Å². The van der Waals surface area contributed by atoms with Gasteiger partial charge >= 0.3 is 0 Å². The summed E-state index contributed by atoms with van der Waals surface area (Å²) < 4.78 is 32.1. The van der Waals surface area contributed by atoms with Gasteiger partial charge in [0.05, 0.1) is 0 Å². The van der Waals surface area contributed by atoms with Crippen LogP contribution in [0.15, 0.2) is 42.5 Å². The Morgan fingerprint density at radius 1 is 1.15 bits per heavy atom. The summed E-state index contributed by atoms with van der Waals surface area (Å²) in [4.78, 5) is 0. The summed E-state index contributed by atoms with van der Waals surface area (Å²) in [5, 5.41) is 3.28. The summed E-state index contributed by atoms with van der Waals surface area (Å²) in [6.45, 7) is 4.91. The molecule has 2 aromatic carbocycles. The molecule has 4 heteroatoms. The van der Waals surface area contributed by atoms with Gasteiger partial charge in [-0.05, 0) is 43.3 Å². The molecular formula is C16H17F2NO. The number of halogens is 2. The van der Waals surface area contributed by atoms with Crippen molar-refractivity contribution in [3.8, 4) is 11.5 Å². The van der Waals surface area contributed by atoms with Crippen LogP contribution >= 0.6 is 0 Å². The van der Waals surface area contributed by atoms with Gasteiger partial charge in [-0.15, -0.1) is 0 Å². The monoisotopic (exact) mass is 277 g/mol. The highest BCUT2D eigenvalue weighted by Gasteiger charge is 2.10. The van der Waals surface area contributed by atoms with Gasteiger partial charge in [0.25, 0.3) is 0 Å². The first-order chi connectivity index (χ1) is 9.61. The van der Waals surface area contributed by atoms with Crippen LogP contribution in [0.2, 0.25) is 0 Å². The summed E-state index contributed by atoms with van der Waals surface area (Å²) >= 11 is 0. The van der Waals surface area contributed by atoms with E-state index in [4.69, 9.17) is 4.74 Å². The highest BCUT2D eigenvalue weighted by Crippen LogP contribution is 2.27. The van der Waals surface area contributed by atoms with E-state index in [0.717, 1.165) is 18.2 Å². The van der Waals surface area contributed by atoms with E-state index in [2.05, 4.69) is 5.32 Å². The molecule has 0 amide bonds. The average Bonchev–Trinajstić information content (AvgIpc) is 2.44. The second-order valence-corrected chi connectivity index (χ2v) is 4.51. The minimum absolute atomic E-state index is 0.113. The molecule has 1 atom stereocenters. The molecule has 0 aromatic heterocycles. The third-order valence-electron chi connectivity index (χ3n) is 3.01. The predicted octanol–water partition coefficient (Wildman–Crippen LogP) is 4.43. The van der Waals surface area contributed by atoms with Crippen LogP contribution in [0.4, 0.5) is 8.78 Å². The molecule has 0 aliphatic heterocycles. The topological polar surface area (TPSA) is 21.3 Å². The molecule has 0 fully saturated rings. The highest BCUT2D eigenvalue weighted by molar-refractivity contribution is 5.35. The molecule has 0 radical (unpaired) electrons. The number of ether oxygens (including phenoxy) is 1. The smallest absolute Gasteiger partial charge is 0.201 e. The Bertz CT molecular complexity index is 586. The van der Waals surface area contributed by atoms with Crippen LogP contribution in [0.1, 0.15) is 25.5 Å². The fourth-order valence-corrected chi connectivity index (χ4v) is 1.96. The van der Waals surface area contributed by atoms with Crippen molar-refractivity contribution >= 4 is 0 Å². The van der Waals surface area contributed by atoms with Gasteiger partial charge in [0, 0.05) is 6.04 Å². The summed E-state index contributed by atoms with van der Waals surface area (Å²) in [6.07, 6.45) is 0. The Kier molecular flexibility index (Phi) is 4.69. The van der Waals surface area contributed by atoms with Gasteiger partial charge in [0.1, 0.15) is 5.75 Å². The van der Waals surface area contributed by atoms with Crippen molar-refractivity contribution in [1.82, 2.24) is 5.32 Å². The van der Waals surface area contributed by atoms with Crippen molar-refractivity contribution in [3.05, 3.63) is 59.7 Å². The van der Waals surface area contributed by atoms with Crippen molar-refractivity contribution in [1.29, 1.82) is 0 Å². The highest BCUT2D eigenvalue weighted by atomic mass is 19.2. The SMILES string of the molecule is CCNC(C)c1cccc(Oc2cccc(F)c2F)c1. The third kappa shape index (κ3) is 3.33. The van der Waals surface area contributed by atoms with Gasteiger partial charge < -0.3 is 10.1 Å². The van der Waals surface area contributed by atoms with Gasteiger partial charge in [0.2, 0.25) is 5.82 Å². The zero-order valence-electron chi connectivity index (χ0n) is 11.5. The van der Waals surface area contributed by atoms with E-state index in [1.165, 1.54) is 12.1 Å². The Balaban J connectivity index is 2.21. The number of hydrogen-bond donors (Lipinski definition) is 1. The van der Waals surface area contributed by atoms with E-state index in [-0.39, 0.29) is 11.8 Å². The maximum Gasteiger partial charge on any atom is 0.201 e. The van der Waals surface area contributed by atoms with Crippen LogP contribution in [0, 0.1) is 11.6 Å². The normalized spacial score (nSPS) is 12.2. The standard InChI is InChI=1S/C16H17F2NO/c1-3-19-11(2)12-6-4-7-13(10-12)20-15-9-5-8-14(17)16(15)18/h4-11,19H,3H2,1-2H3. The first kappa shape index (κ1) is 14.5. The lowest BCUT2D eigenvalue weighted by atomic mass is 10.1. The number of hydrogen-bond acceptors (Lipinski definition) is 2. The molecule has 106 valence electrons. The molecule has 0 heterocycles. The van der Waals surface area contributed by atoms with Gasteiger partial charge in [-0.3, -0.25) is 0 Å². The summed E-state index contributed by atoms with van der Waals surface area (Å²) in [7, 11) is 0. The average molecular weight is 277 g/mol. The number of rotatable bonds is 5. The number of nitrogens with one attached hydrogen (secondary N) is 1. The number of benzene rings is 2. The first-order valence-electron chi connectivity index (χ1n) is 6.57. The van der Waals surface area contributed by atoms with Crippen LogP contribution in [-0.4, -0.2) is 6.54 Å². The lowest BCUT2D eigenvalue weighted by molar-refractivity contribution is 0.415.